The molecule has 0 aliphatic carbocycles. The van der Waals surface area contributed by atoms with Crippen LogP contribution in [0.4, 0.5) is 5.69 Å². The van der Waals surface area contributed by atoms with Crippen molar-refractivity contribution >= 4 is 57.6 Å². The summed E-state index contributed by atoms with van der Waals surface area (Å²) in [6.07, 6.45) is -1.80. The largest absolute Gasteiger partial charge is 0.394 e. The Morgan fingerprint density at radius 3 is 1.95 bits per heavy atom. The van der Waals surface area contributed by atoms with Gasteiger partial charge in [-0.25, -0.2) is 0 Å². The minimum atomic E-state index is -1.21. The van der Waals surface area contributed by atoms with E-state index in [1.807, 2.05) is 22.6 Å². The number of halogens is 1. The van der Waals surface area contributed by atoms with Crippen molar-refractivity contribution in [3.8, 4) is 22.3 Å². The molecule has 3 aromatic rings. The number of anilines is 1. The van der Waals surface area contributed by atoms with Gasteiger partial charge in [0.15, 0.2) is 11.6 Å². The highest BCUT2D eigenvalue weighted by molar-refractivity contribution is 14.1. The van der Waals surface area contributed by atoms with Crippen LogP contribution in [-0.4, -0.2) is 58.8 Å². The number of amides is 3. The lowest BCUT2D eigenvalue weighted by atomic mass is 9.76. The maximum atomic E-state index is 14.1. The monoisotopic (exact) mass is 653 g/mol. The first-order chi connectivity index (χ1) is 19.1. The molecule has 40 heavy (non-hydrogen) atoms. The standard InChI is InChI=1S/C29H24IN3O7/c30-25-21(15-5-1-3-7-17(15)28(31)39)23-19(36)10-20(37)33-11-13(9-14(35)12-34)27(38)24(26(23)33)22(25)16-6-2-4-8-18(16)29(32)40/h1-8,13-14,34-35H,9-12H2,(H2,31,39)(H2,32,40). The number of carbonyl (C=O) groups is 5. The smallest absolute Gasteiger partial charge is 0.249 e. The van der Waals surface area contributed by atoms with Gasteiger partial charge in [0.2, 0.25) is 17.7 Å². The third-order valence-electron chi connectivity index (χ3n) is 7.29. The summed E-state index contributed by atoms with van der Waals surface area (Å²) in [5.74, 6) is -3.89. The summed E-state index contributed by atoms with van der Waals surface area (Å²) in [6.45, 7) is -0.692. The second-order valence-corrected chi connectivity index (χ2v) is 10.8. The second kappa shape index (κ2) is 10.6. The average Bonchev–Trinajstić information content (AvgIpc) is 2.93. The summed E-state index contributed by atoms with van der Waals surface area (Å²) in [7, 11) is 0. The molecule has 204 valence electrons. The topological polar surface area (TPSA) is 181 Å². The second-order valence-electron chi connectivity index (χ2n) is 9.72. The van der Waals surface area contributed by atoms with Gasteiger partial charge in [-0.1, -0.05) is 36.4 Å². The van der Waals surface area contributed by atoms with E-state index in [-0.39, 0.29) is 46.5 Å². The molecule has 2 aliphatic heterocycles. The molecule has 2 aliphatic rings. The molecule has 10 nitrogen and oxygen atoms in total. The lowest BCUT2D eigenvalue weighted by Gasteiger charge is -2.40. The van der Waals surface area contributed by atoms with Gasteiger partial charge < -0.3 is 26.6 Å². The van der Waals surface area contributed by atoms with E-state index in [2.05, 4.69) is 0 Å². The molecule has 2 unspecified atom stereocenters. The number of primary amides is 2. The zero-order chi connectivity index (χ0) is 28.9. The van der Waals surface area contributed by atoms with E-state index in [0.29, 0.717) is 20.3 Å². The van der Waals surface area contributed by atoms with E-state index < -0.39 is 54.3 Å². The highest BCUT2D eigenvalue weighted by Crippen LogP contribution is 2.51. The summed E-state index contributed by atoms with van der Waals surface area (Å²) in [5, 5.41) is 19.6. The third kappa shape index (κ3) is 4.39. The molecule has 6 N–H and O–H groups in total. The fourth-order valence-corrected chi connectivity index (χ4v) is 6.68. The van der Waals surface area contributed by atoms with Crippen molar-refractivity contribution in [1.82, 2.24) is 0 Å². The molecule has 0 saturated carbocycles. The van der Waals surface area contributed by atoms with E-state index in [1.165, 1.54) is 17.0 Å². The molecule has 0 radical (unpaired) electrons. The summed E-state index contributed by atoms with van der Waals surface area (Å²) in [4.78, 5) is 67.3. The van der Waals surface area contributed by atoms with Gasteiger partial charge in [-0.2, -0.15) is 0 Å². The molecule has 0 spiro atoms. The molecule has 5 rings (SSSR count). The van der Waals surface area contributed by atoms with E-state index >= 15 is 0 Å². The highest BCUT2D eigenvalue weighted by Gasteiger charge is 2.46. The van der Waals surface area contributed by atoms with Crippen molar-refractivity contribution in [1.29, 1.82) is 0 Å². The summed E-state index contributed by atoms with van der Waals surface area (Å²) < 4.78 is 0.383. The average molecular weight is 653 g/mol. The minimum absolute atomic E-state index is 0.0381. The van der Waals surface area contributed by atoms with Gasteiger partial charge in [-0.05, 0) is 52.3 Å². The molecule has 3 aromatic carbocycles. The zero-order valence-electron chi connectivity index (χ0n) is 21.0. The summed E-state index contributed by atoms with van der Waals surface area (Å²) >= 11 is 1.98. The Labute approximate surface area is 242 Å². The molecular weight excluding hydrogens is 629 g/mol. The normalized spacial score (nSPS) is 17.0. The van der Waals surface area contributed by atoms with Crippen LogP contribution in [0.1, 0.15) is 54.3 Å². The van der Waals surface area contributed by atoms with Gasteiger partial charge in [0.1, 0.15) is 0 Å². The van der Waals surface area contributed by atoms with Gasteiger partial charge in [0.05, 0.1) is 35.9 Å². The van der Waals surface area contributed by atoms with Crippen molar-refractivity contribution in [2.75, 3.05) is 18.1 Å². The van der Waals surface area contributed by atoms with E-state index in [0.717, 1.165) is 0 Å². The van der Waals surface area contributed by atoms with Crippen molar-refractivity contribution in [3.63, 3.8) is 0 Å². The number of hydrogen-bond acceptors (Lipinski definition) is 7. The minimum Gasteiger partial charge on any atom is -0.394 e. The van der Waals surface area contributed by atoms with Gasteiger partial charge in [0.25, 0.3) is 0 Å². The van der Waals surface area contributed by atoms with Crippen LogP contribution in [0.3, 0.4) is 0 Å². The Hall–Kier alpha value is -3.94. The van der Waals surface area contributed by atoms with E-state index in [4.69, 9.17) is 11.5 Å². The molecule has 0 saturated heterocycles. The fraction of sp³-hybridized carbons (Fsp3) is 0.207. The van der Waals surface area contributed by atoms with E-state index in [1.54, 1.807) is 36.4 Å². The van der Waals surface area contributed by atoms with Gasteiger partial charge in [-0.3, -0.25) is 24.0 Å². The number of rotatable bonds is 7. The van der Waals surface area contributed by atoms with Crippen LogP contribution in [0.15, 0.2) is 48.5 Å². The number of hydrogen-bond donors (Lipinski definition) is 4. The number of nitrogens with two attached hydrogens (primary N) is 2. The third-order valence-corrected chi connectivity index (χ3v) is 8.36. The van der Waals surface area contributed by atoms with Crippen LogP contribution in [0, 0.1) is 9.49 Å². The molecule has 0 fully saturated rings. The van der Waals surface area contributed by atoms with Crippen LogP contribution in [-0.2, 0) is 4.79 Å². The first-order valence-electron chi connectivity index (χ1n) is 12.4. The molecule has 2 atom stereocenters. The lowest BCUT2D eigenvalue weighted by molar-refractivity contribution is -0.118. The molecule has 11 heteroatoms. The van der Waals surface area contributed by atoms with Crippen molar-refractivity contribution in [3.05, 3.63) is 74.4 Å². The van der Waals surface area contributed by atoms with Crippen LogP contribution >= 0.6 is 22.6 Å². The number of nitrogens with zero attached hydrogens (tertiary/aromatic N) is 1. The van der Waals surface area contributed by atoms with Crippen molar-refractivity contribution < 1.29 is 34.2 Å². The summed E-state index contributed by atoms with van der Waals surface area (Å²) in [5.41, 5.74) is 13.1. The van der Waals surface area contributed by atoms with Crippen LogP contribution in [0.5, 0.6) is 0 Å². The maximum absolute atomic E-state index is 14.1. The number of ketones is 2. The van der Waals surface area contributed by atoms with Crippen LogP contribution in [0.25, 0.3) is 22.3 Å². The first-order valence-corrected chi connectivity index (χ1v) is 13.5. The fourth-order valence-electron chi connectivity index (χ4n) is 5.56. The number of benzene rings is 3. The SMILES string of the molecule is NC(=O)c1ccccc1-c1c(I)c(-c2ccccc2C(N)=O)c2c3c1C(=O)CC(=O)N3CC(CC(O)CO)C2=O. The number of aliphatic hydroxyl groups excluding tert-OH is 2. The van der Waals surface area contributed by atoms with Crippen molar-refractivity contribution in [2.24, 2.45) is 17.4 Å². The lowest BCUT2D eigenvalue weighted by Crippen LogP contribution is -2.48. The Kier molecular flexibility index (Phi) is 7.29. The van der Waals surface area contributed by atoms with E-state index in [9.17, 15) is 34.2 Å². The first kappa shape index (κ1) is 27.6. The quantitative estimate of drug-likeness (QED) is 0.223. The van der Waals surface area contributed by atoms with Crippen molar-refractivity contribution in [2.45, 2.75) is 18.9 Å². The Morgan fingerprint density at radius 2 is 1.43 bits per heavy atom. The number of Topliss-reactive ketones (excluding diaryl/α,β-unsaturated/α-hetero) is 2. The summed E-state index contributed by atoms with van der Waals surface area (Å²) in [6, 6.07) is 12.8. The Morgan fingerprint density at radius 1 is 0.900 bits per heavy atom. The molecule has 0 bridgehead atoms. The Balaban J connectivity index is 1.97. The number of carbonyl (C=O) groups excluding carboxylic acids is 5. The predicted molar refractivity (Wildman–Crippen MR) is 154 cm³/mol. The van der Waals surface area contributed by atoms with Gasteiger partial charge in [0, 0.05) is 38.3 Å². The molecular formula is C29H24IN3O7. The molecule has 3 amide bonds. The Bertz CT molecular complexity index is 1630. The van der Waals surface area contributed by atoms with Gasteiger partial charge >= 0.3 is 0 Å². The predicted octanol–water partition coefficient (Wildman–Crippen LogP) is 2.30. The number of aliphatic hydroxyl groups is 2. The van der Waals surface area contributed by atoms with Gasteiger partial charge in [-0.15, -0.1) is 0 Å². The maximum Gasteiger partial charge on any atom is 0.249 e. The molecule has 0 aromatic heterocycles. The highest BCUT2D eigenvalue weighted by atomic mass is 127. The molecule has 2 heterocycles. The van der Waals surface area contributed by atoms with Crippen LogP contribution < -0.4 is 16.4 Å². The zero-order valence-corrected chi connectivity index (χ0v) is 23.2. The van der Waals surface area contributed by atoms with Crippen LogP contribution in [0.2, 0.25) is 0 Å².